The summed E-state index contributed by atoms with van der Waals surface area (Å²) in [5.41, 5.74) is 6.80. The van der Waals surface area contributed by atoms with Gasteiger partial charge in [-0.05, 0) is 17.7 Å². The minimum Gasteiger partial charge on any atom is -0.366 e. The van der Waals surface area contributed by atoms with Crippen molar-refractivity contribution in [2.45, 2.75) is 13.1 Å². The van der Waals surface area contributed by atoms with Gasteiger partial charge in [-0.3, -0.25) is 4.79 Å². The summed E-state index contributed by atoms with van der Waals surface area (Å²) in [6, 6.07) is 10.4. The minimum atomic E-state index is -0.606. The van der Waals surface area contributed by atoms with Crippen LogP contribution in [0.15, 0.2) is 42.5 Å². The van der Waals surface area contributed by atoms with E-state index in [0.29, 0.717) is 17.7 Å². The van der Waals surface area contributed by atoms with Crippen LogP contribution in [0.3, 0.4) is 0 Å². The van der Waals surface area contributed by atoms with Gasteiger partial charge in [-0.15, -0.1) is 0 Å². The maximum atomic E-state index is 13.4. The molecule has 0 aliphatic carbocycles. The fourth-order valence-corrected chi connectivity index (χ4v) is 1.91. The molecule has 3 nitrogen and oxygen atoms in total. The number of primary amides is 1. The van der Waals surface area contributed by atoms with E-state index in [1.807, 2.05) is 0 Å². The van der Waals surface area contributed by atoms with Gasteiger partial charge in [-0.25, -0.2) is 8.78 Å². The number of benzene rings is 2. The van der Waals surface area contributed by atoms with Crippen LogP contribution in [0.1, 0.15) is 21.5 Å². The van der Waals surface area contributed by atoms with Crippen molar-refractivity contribution in [1.29, 1.82) is 0 Å². The molecule has 0 radical (unpaired) electrons. The summed E-state index contributed by atoms with van der Waals surface area (Å²) in [5.74, 6) is -1.71. The molecule has 1 amide bonds. The Labute approximate surface area is 115 Å². The molecule has 0 saturated carbocycles. The van der Waals surface area contributed by atoms with Gasteiger partial charge in [0.1, 0.15) is 11.6 Å². The zero-order valence-electron chi connectivity index (χ0n) is 10.7. The minimum absolute atomic E-state index is 0.235. The molecule has 0 aliphatic rings. The quantitative estimate of drug-likeness (QED) is 0.880. The third-order valence-electron chi connectivity index (χ3n) is 2.93. The van der Waals surface area contributed by atoms with Crippen LogP contribution in [-0.2, 0) is 13.1 Å². The highest BCUT2D eigenvalue weighted by atomic mass is 19.1. The smallest absolute Gasteiger partial charge is 0.249 e. The maximum absolute atomic E-state index is 13.4. The highest BCUT2D eigenvalue weighted by Gasteiger charge is 2.07. The van der Waals surface area contributed by atoms with E-state index in [0.717, 1.165) is 11.6 Å². The Bertz CT molecular complexity index is 629. The van der Waals surface area contributed by atoms with Crippen LogP contribution in [-0.4, -0.2) is 5.91 Å². The third-order valence-corrected chi connectivity index (χ3v) is 2.93. The lowest BCUT2D eigenvalue weighted by Crippen LogP contribution is -2.19. The molecule has 0 spiro atoms. The van der Waals surface area contributed by atoms with Crippen molar-refractivity contribution in [2.24, 2.45) is 5.73 Å². The first kappa shape index (κ1) is 14.1. The molecule has 0 aromatic heterocycles. The van der Waals surface area contributed by atoms with E-state index in [4.69, 9.17) is 5.73 Å². The van der Waals surface area contributed by atoms with E-state index in [2.05, 4.69) is 5.32 Å². The van der Waals surface area contributed by atoms with Crippen molar-refractivity contribution in [3.05, 3.63) is 70.8 Å². The first-order valence-corrected chi connectivity index (χ1v) is 6.10. The van der Waals surface area contributed by atoms with Gasteiger partial charge in [0, 0.05) is 30.3 Å². The Morgan fingerprint density at radius 1 is 1.05 bits per heavy atom. The van der Waals surface area contributed by atoms with Gasteiger partial charge in [0.15, 0.2) is 0 Å². The third kappa shape index (κ3) is 3.39. The van der Waals surface area contributed by atoms with Crippen molar-refractivity contribution < 1.29 is 13.6 Å². The molecular formula is C15H14F2N2O. The number of hydrogen-bond acceptors (Lipinski definition) is 2. The number of amides is 1. The average molecular weight is 276 g/mol. The Kier molecular flexibility index (Phi) is 4.42. The molecule has 0 aliphatic heterocycles. The fraction of sp³-hybridized carbons (Fsp3) is 0.133. The molecule has 2 aromatic carbocycles. The van der Waals surface area contributed by atoms with Crippen LogP contribution in [0, 0.1) is 11.6 Å². The fourth-order valence-electron chi connectivity index (χ4n) is 1.91. The first-order chi connectivity index (χ1) is 9.58. The van der Waals surface area contributed by atoms with Crippen LogP contribution >= 0.6 is 0 Å². The number of nitrogens with one attached hydrogen (secondary N) is 1. The predicted octanol–water partition coefficient (Wildman–Crippen LogP) is 2.35. The van der Waals surface area contributed by atoms with Crippen molar-refractivity contribution in [2.75, 3.05) is 0 Å². The van der Waals surface area contributed by atoms with Gasteiger partial charge in [0.05, 0.1) is 0 Å². The van der Waals surface area contributed by atoms with Gasteiger partial charge in [-0.2, -0.15) is 0 Å². The standard InChI is InChI=1S/C15H14F2N2O/c16-12-6-5-11(14(17)7-12)9-19-8-10-3-1-2-4-13(10)15(18)20/h1-7,19H,8-9H2,(H2,18,20). The summed E-state index contributed by atoms with van der Waals surface area (Å²) in [5, 5.41) is 3.00. The van der Waals surface area contributed by atoms with E-state index in [1.54, 1.807) is 24.3 Å². The second kappa shape index (κ2) is 6.25. The molecule has 2 rings (SSSR count). The molecular weight excluding hydrogens is 262 g/mol. The molecule has 2 aromatic rings. The molecule has 20 heavy (non-hydrogen) atoms. The van der Waals surface area contributed by atoms with Crippen LogP contribution in [0.25, 0.3) is 0 Å². The topological polar surface area (TPSA) is 55.1 Å². The molecule has 104 valence electrons. The summed E-state index contributed by atoms with van der Waals surface area (Å²) >= 11 is 0. The Morgan fingerprint density at radius 2 is 1.75 bits per heavy atom. The highest BCUT2D eigenvalue weighted by molar-refractivity contribution is 5.94. The monoisotopic (exact) mass is 276 g/mol. The summed E-state index contributed by atoms with van der Waals surface area (Å²) < 4.78 is 26.2. The highest BCUT2D eigenvalue weighted by Crippen LogP contribution is 2.11. The second-order valence-corrected chi connectivity index (χ2v) is 4.36. The van der Waals surface area contributed by atoms with E-state index >= 15 is 0 Å². The maximum Gasteiger partial charge on any atom is 0.249 e. The van der Waals surface area contributed by atoms with E-state index in [-0.39, 0.29) is 6.54 Å². The second-order valence-electron chi connectivity index (χ2n) is 4.36. The van der Waals surface area contributed by atoms with Crippen molar-refractivity contribution >= 4 is 5.91 Å². The van der Waals surface area contributed by atoms with Gasteiger partial charge in [0.25, 0.3) is 0 Å². The predicted molar refractivity (Wildman–Crippen MR) is 71.9 cm³/mol. The summed E-state index contributed by atoms with van der Waals surface area (Å²) in [6.45, 7) is 0.606. The molecule has 0 heterocycles. The lowest BCUT2D eigenvalue weighted by atomic mass is 10.1. The molecule has 3 N–H and O–H groups in total. The molecule has 0 fully saturated rings. The normalized spacial score (nSPS) is 10.5. The van der Waals surface area contributed by atoms with Crippen molar-refractivity contribution in [3.63, 3.8) is 0 Å². The SMILES string of the molecule is NC(=O)c1ccccc1CNCc1ccc(F)cc1F. The number of rotatable bonds is 5. The van der Waals surface area contributed by atoms with Gasteiger partial charge in [0.2, 0.25) is 5.91 Å². The van der Waals surface area contributed by atoms with Crippen LogP contribution < -0.4 is 11.1 Å². The molecule has 0 unspecified atom stereocenters. The van der Waals surface area contributed by atoms with Gasteiger partial charge in [-0.1, -0.05) is 24.3 Å². The number of halogens is 2. The number of hydrogen-bond donors (Lipinski definition) is 2. The van der Waals surface area contributed by atoms with E-state index in [1.165, 1.54) is 12.1 Å². The zero-order chi connectivity index (χ0) is 14.5. The summed E-state index contributed by atoms with van der Waals surface area (Å²) in [6.07, 6.45) is 0. The Hall–Kier alpha value is -2.27. The average Bonchev–Trinajstić information content (AvgIpc) is 2.41. The molecule has 0 atom stereocenters. The van der Waals surface area contributed by atoms with Gasteiger partial charge < -0.3 is 11.1 Å². The molecule has 0 saturated heterocycles. The van der Waals surface area contributed by atoms with Crippen molar-refractivity contribution in [3.8, 4) is 0 Å². The van der Waals surface area contributed by atoms with Crippen LogP contribution in [0.5, 0.6) is 0 Å². The Balaban J connectivity index is 2.01. The first-order valence-electron chi connectivity index (χ1n) is 6.10. The summed E-state index contributed by atoms with van der Waals surface area (Å²) in [4.78, 5) is 11.2. The summed E-state index contributed by atoms with van der Waals surface area (Å²) in [7, 11) is 0. The van der Waals surface area contributed by atoms with Crippen LogP contribution in [0.2, 0.25) is 0 Å². The van der Waals surface area contributed by atoms with E-state index in [9.17, 15) is 13.6 Å². The lowest BCUT2D eigenvalue weighted by Gasteiger charge is -2.09. The number of carbonyl (C=O) groups excluding carboxylic acids is 1. The largest absolute Gasteiger partial charge is 0.366 e. The van der Waals surface area contributed by atoms with Gasteiger partial charge >= 0.3 is 0 Å². The number of carbonyl (C=O) groups is 1. The number of nitrogens with two attached hydrogens (primary N) is 1. The lowest BCUT2D eigenvalue weighted by molar-refractivity contribution is 0.0999. The zero-order valence-corrected chi connectivity index (χ0v) is 10.7. The Morgan fingerprint density at radius 3 is 2.45 bits per heavy atom. The van der Waals surface area contributed by atoms with Crippen molar-refractivity contribution in [1.82, 2.24) is 5.32 Å². The van der Waals surface area contributed by atoms with Crippen LogP contribution in [0.4, 0.5) is 8.78 Å². The molecule has 5 heteroatoms. The molecule has 0 bridgehead atoms. The van der Waals surface area contributed by atoms with E-state index < -0.39 is 17.5 Å².